The van der Waals surface area contributed by atoms with Gasteiger partial charge < -0.3 is 40.2 Å². The van der Waals surface area contributed by atoms with E-state index in [1.165, 1.54) is 6.07 Å². The largest absolute Gasteiger partial charge is 0.489 e. The van der Waals surface area contributed by atoms with Crippen LogP contribution < -0.4 is 10.1 Å². The van der Waals surface area contributed by atoms with E-state index in [0.717, 1.165) is 29.6 Å². The number of aliphatic hydroxyl groups is 1. The first-order valence-electron chi connectivity index (χ1n) is 13.4. The Hall–Kier alpha value is -5.34. The quantitative estimate of drug-likeness (QED) is 0.140. The number of β-amino-alcohol motifs (C(OH)–C–C–N with tert-alkyl or cyclic N) is 1. The highest BCUT2D eigenvalue weighted by Crippen LogP contribution is 2.24. The number of aryl methyl sites for hydroxylation is 1. The molecule has 6 N–H and O–H groups in total. The van der Waals surface area contributed by atoms with Crippen LogP contribution in [0.1, 0.15) is 37.5 Å². The van der Waals surface area contributed by atoms with E-state index < -0.39 is 35.8 Å². The van der Waals surface area contributed by atoms with Gasteiger partial charge in [0.15, 0.2) is 0 Å². The summed E-state index contributed by atoms with van der Waals surface area (Å²) in [6.07, 6.45) is 1.72. The van der Waals surface area contributed by atoms with E-state index in [1.54, 1.807) is 12.1 Å². The number of carbonyl (C=O) groups is 4. The van der Waals surface area contributed by atoms with Crippen molar-refractivity contribution in [1.29, 1.82) is 0 Å². The van der Waals surface area contributed by atoms with Gasteiger partial charge in [-0.1, -0.05) is 42.5 Å². The first-order valence-corrected chi connectivity index (χ1v) is 13.4. The van der Waals surface area contributed by atoms with Crippen molar-refractivity contribution < 1.29 is 53.8 Å². The molecule has 0 aliphatic rings. The molecule has 1 unspecified atom stereocenters. The lowest BCUT2D eigenvalue weighted by Crippen LogP contribution is -2.42. The minimum Gasteiger partial charge on any atom is -0.489 e. The van der Waals surface area contributed by atoms with Crippen LogP contribution in [0.25, 0.3) is 11.0 Å². The van der Waals surface area contributed by atoms with Crippen LogP contribution in [-0.2, 0) is 32.3 Å². The number of hydrogen-bond acceptors (Lipinski definition) is 8. The molecular weight excluding hydrogens is 593 g/mol. The number of carboxylic acids is 4. The Morgan fingerprint density at radius 2 is 1.47 bits per heavy atom. The van der Waals surface area contributed by atoms with Crippen molar-refractivity contribution in [3.8, 4) is 5.75 Å². The van der Waals surface area contributed by atoms with Gasteiger partial charge in [-0.05, 0) is 50.1 Å². The number of hydrogen-bond donors (Lipinski definition) is 6. The molecule has 240 valence electrons. The van der Waals surface area contributed by atoms with Crippen molar-refractivity contribution in [3.05, 3.63) is 96.1 Å². The Balaban J connectivity index is 0.000000499. The topological polar surface area (TPSA) is 209 Å². The molecule has 14 heteroatoms. The molecule has 0 bridgehead atoms. The molecular formula is C31H34FN3O10. The van der Waals surface area contributed by atoms with E-state index >= 15 is 0 Å². The van der Waals surface area contributed by atoms with Crippen LogP contribution in [0.15, 0.2) is 79.1 Å². The number of aliphatic hydroxyl groups excluding tert-OH is 1. The molecule has 0 fully saturated rings. The van der Waals surface area contributed by atoms with Crippen molar-refractivity contribution in [1.82, 2.24) is 14.9 Å². The molecule has 1 aromatic heterocycles. The minimum absolute atomic E-state index is 0.248. The van der Waals surface area contributed by atoms with Gasteiger partial charge in [-0.3, -0.25) is 0 Å². The van der Waals surface area contributed by atoms with Gasteiger partial charge >= 0.3 is 23.9 Å². The number of imidazole rings is 1. The van der Waals surface area contributed by atoms with Crippen LogP contribution in [-0.4, -0.2) is 71.0 Å². The fraction of sp³-hybridized carbons (Fsp3) is 0.258. The molecule has 4 aromatic rings. The molecule has 0 saturated heterocycles. The molecule has 0 aliphatic heterocycles. The van der Waals surface area contributed by atoms with Crippen molar-refractivity contribution in [2.24, 2.45) is 0 Å². The number of halogens is 1. The highest BCUT2D eigenvalue weighted by atomic mass is 19.1. The summed E-state index contributed by atoms with van der Waals surface area (Å²) in [7, 11) is 0. The van der Waals surface area contributed by atoms with Gasteiger partial charge in [0.25, 0.3) is 0 Å². The normalized spacial score (nSPS) is 11.3. The molecule has 45 heavy (non-hydrogen) atoms. The lowest BCUT2D eigenvalue weighted by Gasteiger charge is -2.28. The molecule has 0 radical (unpaired) electrons. The number of nitrogens with zero attached hydrogens (tertiary/aromatic N) is 2. The summed E-state index contributed by atoms with van der Waals surface area (Å²) in [4.78, 5) is 40.8. The summed E-state index contributed by atoms with van der Waals surface area (Å²) in [5.74, 6) is -7.33. The zero-order valence-corrected chi connectivity index (χ0v) is 24.5. The monoisotopic (exact) mass is 627 g/mol. The van der Waals surface area contributed by atoms with Gasteiger partial charge in [-0.15, -0.1) is 0 Å². The van der Waals surface area contributed by atoms with Crippen molar-refractivity contribution >= 4 is 34.9 Å². The highest BCUT2D eigenvalue weighted by Gasteiger charge is 2.21. The third-order valence-electron chi connectivity index (χ3n) is 6.22. The molecule has 0 amide bonds. The van der Waals surface area contributed by atoms with Crippen LogP contribution >= 0.6 is 0 Å². The third kappa shape index (κ3) is 12.4. The van der Waals surface area contributed by atoms with Gasteiger partial charge in [0.1, 0.15) is 18.2 Å². The van der Waals surface area contributed by atoms with Gasteiger partial charge in [0.2, 0.25) is 0 Å². The lowest BCUT2D eigenvalue weighted by molar-refractivity contribution is -0.159. The highest BCUT2D eigenvalue weighted by molar-refractivity contribution is 6.27. The van der Waals surface area contributed by atoms with Crippen molar-refractivity contribution in [2.75, 3.05) is 6.54 Å². The Morgan fingerprint density at radius 3 is 2.04 bits per heavy atom. The van der Waals surface area contributed by atoms with E-state index in [4.69, 9.17) is 44.3 Å². The van der Waals surface area contributed by atoms with Crippen LogP contribution in [0.4, 0.5) is 4.39 Å². The predicted molar refractivity (Wildman–Crippen MR) is 159 cm³/mol. The molecule has 1 heterocycles. The Morgan fingerprint density at radius 1 is 0.889 bits per heavy atom. The molecule has 13 nitrogen and oxygen atoms in total. The van der Waals surface area contributed by atoms with Crippen LogP contribution in [0, 0.1) is 5.82 Å². The van der Waals surface area contributed by atoms with E-state index in [9.17, 15) is 9.50 Å². The number of aromatic nitrogens is 2. The molecule has 0 saturated carbocycles. The molecule has 1 atom stereocenters. The Bertz CT molecular complexity index is 1540. The number of nitrogens with one attached hydrogen (secondary N) is 1. The Kier molecular flexibility index (Phi) is 13.6. The summed E-state index contributed by atoms with van der Waals surface area (Å²) in [5, 5.41) is 43.5. The summed E-state index contributed by atoms with van der Waals surface area (Å²) in [5.41, 5.74) is 3.10. The summed E-state index contributed by atoms with van der Waals surface area (Å²) < 4.78 is 22.5. The Labute approximate surface area is 257 Å². The average Bonchev–Trinajstić information content (AvgIpc) is 3.42. The first-order chi connectivity index (χ1) is 21.2. The summed E-state index contributed by atoms with van der Waals surface area (Å²) >= 11 is 0. The number of para-hydroxylation sites is 2. The van der Waals surface area contributed by atoms with Crippen LogP contribution in [0.5, 0.6) is 5.75 Å². The van der Waals surface area contributed by atoms with E-state index in [0.29, 0.717) is 12.4 Å². The molecule has 0 aliphatic carbocycles. The second kappa shape index (κ2) is 17.1. The predicted octanol–water partition coefficient (Wildman–Crippen LogP) is 3.56. The molecule has 3 aromatic carbocycles. The fourth-order valence-electron chi connectivity index (χ4n) is 3.77. The lowest BCUT2D eigenvalue weighted by atomic mass is 9.99. The average molecular weight is 628 g/mol. The van der Waals surface area contributed by atoms with Gasteiger partial charge in [0.05, 0.1) is 23.5 Å². The summed E-state index contributed by atoms with van der Waals surface area (Å²) in [6, 6.07) is 22.4. The number of fused-ring (bicyclic) bond motifs is 1. The van der Waals surface area contributed by atoms with Crippen LogP contribution in [0.3, 0.4) is 0 Å². The van der Waals surface area contributed by atoms with Gasteiger partial charge in [-0.25, -0.2) is 28.6 Å². The second-order valence-corrected chi connectivity index (χ2v) is 10.1. The number of carboxylic acid groups (broad SMARTS) is 4. The summed E-state index contributed by atoms with van der Waals surface area (Å²) in [6.45, 7) is 5.56. The van der Waals surface area contributed by atoms with E-state index in [1.807, 2.05) is 54.9 Å². The number of ether oxygens (including phenoxy) is 1. The standard InChI is InChI=1S/C27H30FN3O2.2C2H2O4/c1-27(2,14-15-31-19-29-24-10-6-7-11-25(24)31)30-17-26(32)22-13-12-21(16-23(22)28)33-18-20-8-4-3-5-9-20;2*3-1(4)2(5)6/h3-13,16,19,26,30,32H,14-15,17-18H2,1-2H3;2*(H,3,4)(H,5,6). The molecule has 0 spiro atoms. The number of aliphatic carboxylic acids is 4. The maximum Gasteiger partial charge on any atom is 0.414 e. The number of benzene rings is 3. The second-order valence-electron chi connectivity index (χ2n) is 10.1. The van der Waals surface area contributed by atoms with Gasteiger partial charge in [-0.2, -0.15) is 0 Å². The van der Waals surface area contributed by atoms with E-state index in [2.05, 4.69) is 34.8 Å². The van der Waals surface area contributed by atoms with Gasteiger partial charge in [0, 0.05) is 30.3 Å². The zero-order chi connectivity index (χ0) is 33.6. The van der Waals surface area contributed by atoms with Crippen molar-refractivity contribution in [2.45, 2.75) is 45.1 Å². The SMILES string of the molecule is CC(C)(CCn1cnc2ccccc21)NCC(O)c1ccc(OCc2ccccc2)cc1F.O=C(O)C(=O)O.O=C(O)C(=O)O. The zero-order valence-electron chi connectivity index (χ0n) is 24.5. The fourth-order valence-corrected chi connectivity index (χ4v) is 3.77. The van der Waals surface area contributed by atoms with E-state index in [-0.39, 0.29) is 17.6 Å². The third-order valence-corrected chi connectivity index (χ3v) is 6.22. The maximum atomic E-state index is 14.7. The number of rotatable bonds is 10. The smallest absolute Gasteiger partial charge is 0.414 e. The van der Waals surface area contributed by atoms with Crippen molar-refractivity contribution in [3.63, 3.8) is 0 Å². The maximum absolute atomic E-state index is 14.7. The molecule has 4 rings (SSSR count). The first kappa shape index (κ1) is 35.9. The minimum atomic E-state index is -1.82. The van der Waals surface area contributed by atoms with Crippen LogP contribution in [0.2, 0.25) is 0 Å².